The number of benzene rings is 1. The molecule has 1 aromatic carbocycles. The van der Waals surface area contributed by atoms with Crippen molar-refractivity contribution in [2.45, 2.75) is 39.9 Å². The molecule has 0 fully saturated rings. The van der Waals surface area contributed by atoms with E-state index in [1.807, 2.05) is 13.8 Å². The summed E-state index contributed by atoms with van der Waals surface area (Å²) < 4.78 is 5.50. The molecule has 13 heavy (non-hydrogen) atoms. The van der Waals surface area contributed by atoms with Crippen LogP contribution in [0.15, 0.2) is 24.3 Å². The molecular weight excluding hydrogens is 160 g/mol. The quantitative estimate of drug-likeness (QED) is 0.593. The first-order valence-electron chi connectivity index (χ1n) is 5.04. The lowest BCUT2D eigenvalue weighted by molar-refractivity contribution is 0.0410. The van der Waals surface area contributed by atoms with E-state index in [4.69, 9.17) is 4.74 Å². The first-order valence-corrected chi connectivity index (χ1v) is 5.04. The van der Waals surface area contributed by atoms with Crippen molar-refractivity contribution in [3.63, 3.8) is 0 Å². The van der Waals surface area contributed by atoms with E-state index < -0.39 is 0 Å². The standard InChI is InChI=1S/C10H12O.C2H6/c1-8-6-9-4-2-3-5-10(9)7-11-8;1-2/h2-5,8H,6-7H2,1H3;1-2H3. The van der Waals surface area contributed by atoms with Crippen LogP contribution in [-0.4, -0.2) is 6.10 Å². The molecule has 0 aliphatic carbocycles. The zero-order valence-corrected chi connectivity index (χ0v) is 8.71. The SMILES string of the molecule is CC.CC1Cc2ccccc2CO1. The van der Waals surface area contributed by atoms with Gasteiger partial charge in [-0.2, -0.15) is 0 Å². The Kier molecular flexibility index (Phi) is 3.97. The highest BCUT2D eigenvalue weighted by Gasteiger charge is 2.13. The van der Waals surface area contributed by atoms with Crippen molar-refractivity contribution in [2.75, 3.05) is 0 Å². The van der Waals surface area contributed by atoms with Crippen LogP contribution in [0.25, 0.3) is 0 Å². The maximum Gasteiger partial charge on any atom is 0.0723 e. The second-order valence-electron chi connectivity index (χ2n) is 3.09. The third-order valence-electron chi connectivity index (χ3n) is 2.15. The number of fused-ring (bicyclic) bond motifs is 1. The Labute approximate surface area is 80.7 Å². The van der Waals surface area contributed by atoms with E-state index in [9.17, 15) is 0 Å². The van der Waals surface area contributed by atoms with Gasteiger partial charge in [0, 0.05) is 0 Å². The lowest BCUT2D eigenvalue weighted by Gasteiger charge is -2.21. The van der Waals surface area contributed by atoms with Crippen molar-refractivity contribution in [3.05, 3.63) is 35.4 Å². The molecule has 1 aliphatic heterocycles. The van der Waals surface area contributed by atoms with E-state index in [2.05, 4.69) is 31.2 Å². The third-order valence-corrected chi connectivity index (χ3v) is 2.15. The second-order valence-corrected chi connectivity index (χ2v) is 3.09. The molecule has 1 aromatic rings. The summed E-state index contributed by atoms with van der Waals surface area (Å²) in [5.41, 5.74) is 2.80. The Hall–Kier alpha value is -0.820. The highest BCUT2D eigenvalue weighted by atomic mass is 16.5. The molecular formula is C12H18O. The summed E-state index contributed by atoms with van der Waals surface area (Å²) in [7, 11) is 0. The van der Waals surface area contributed by atoms with Gasteiger partial charge < -0.3 is 4.74 Å². The second kappa shape index (κ2) is 5.03. The van der Waals surface area contributed by atoms with Crippen LogP contribution < -0.4 is 0 Å². The minimum atomic E-state index is 0.393. The fourth-order valence-electron chi connectivity index (χ4n) is 1.50. The molecule has 0 amide bonds. The Bertz CT molecular complexity index is 255. The maximum atomic E-state index is 5.50. The van der Waals surface area contributed by atoms with Crippen LogP contribution in [0.2, 0.25) is 0 Å². The summed E-state index contributed by atoms with van der Waals surface area (Å²) in [6, 6.07) is 8.49. The van der Waals surface area contributed by atoms with Gasteiger partial charge in [0.2, 0.25) is 0 Å². The van der Waals surface area contributed by atoms with Gasteiger partial charge in [-0.1, -0.05) is 38.1 Å². The zero-order valence-electron chi connectivity index (χ0n) is 8.71. The van der Waals surface area contributed by atoms with Gasteiger partial charge in [0.05, 0.1) is 12.7 Å². The third kappa shape index (κ3) is 2.56. The van der Waals surface area contributed by atoms with Crippen LogP contribution in [-0.2, 0) is 17.8 Å². The molecule has 1 nitrogen and oxygen atoms in total. The van der Waals surface area contributed by atoms with E-state index in [0.717, 1.165) is 13.0 Å². The Morgan fingerprint density at radius 3 is 2.46 bits per heavy atom. The van der Waals surface area contributed by atoms with E-state index >= 15 is 0 Å². The van der Waals surface area contributed by atoms with E-state index in [1.165, 1.54) is 11.1 Å². The summed E-state index contributed by atoms with van der Waals surface area (Å²) >= 11 is 0. The summed E-state index contributed by atoms with van der Waals surface area (Å²) in [5, 5.41) is 0. The van der Waals surface area contributed by atoms with Gasteiger partial charge in [0.1, 0.15) is 0 Å². The monoisotopic (exact) mass is 178 g/mol. The van der Waals surface area contributed by atoms with Gasteiger partial charge in [0.15, 0.2) is 0 Å². The Morgan fingerprint density at radius 1 is 1.15 bits per heavy atom. The van der Waals surface area contributed by atoms with Crippen molar-refractivity contribution >= 4 is 0 Å². The number of rotatable bonds is 0. The van der Waals surface area contributed by atoms with Crippen LogP contribution in [0.4, 0.5) is 0 Å². The Balaban J connectivity index is 0.000000396. The minimum Gasteiger partial charge on any atom is -0.373 e. The molecule has 0 bridgehead atoms. The van der Waals surface area contributed by atoms with Gasteiger partial charge >= 0.3 is 0 Å². The van der Waals surface area contributed by atoms with Crippen LogP contribution in [0, 0.1) is 0 Å². The van der Waals surface area contributed by atoms with E-state index in [1.54, 1.807) is 0 Å². The zero-order chi connectivity index (χ0) is 9.68. The summed E-state index contributed by atoms with van der Waals surface area (Å²) in [6.07, 6.45) is 1.46. The van der Waals surface area contributed by atoms with Crippen molar-refractivity contribution in [1.82, 2.24) is 0 Å². The molecule has 0 saturated carbocycles. The van der Waals surface area contributed by atoms with Gasteiger partial charge in [-0.05, 0) is 24.5 Å². The van der Waals surface area contributed by atoms with Crippen LogP contribution in [0.1, 0.15) is 31.9 Å². The molecule has 0 spiro atoms. The maximum absolute atomic E-state index is 5.50. The predicted octanol–water partition coefficient (Wildman–Crippen LogP) is 3.17. The van der Waals surface area contributed by atoms with Crippen LogP contribution >= 0.6 is 0 Å². The van der Waals surface area contributed by atoms with Gasteiger partial charge in [0.25, 0.3) is 0 Å². The summed E-state index contributed by atoms with van der Waals surface area (Å²) in [6.45, 7) is 6.91. The normalized spacial score (nSPS) is 19.8. The fourth-order valence-corrected chi connectivity index (χ4v) is 1.50. The molecule has 0 radical (unpaired) electrons. The minimum absolute atomic E-state index is 0.393. The summed E-state index contributed by atoms with van der Waals surface area (Å²) in [5.74, 6) is 0. The van der Waals surface area contributed by atoms with Crippen molar-refractivity contribution in [2.24, 2.45) is 0 Å². The molecule has 1 heterocycles. The lowest BCUT2D eigenvalue weighted by Crippen LogP contribution is -2.18. The number of hydrogen-bond acceptors (Lipinski definition) is 1. The molecule has 1 unspecified atom stereocenters. The molecule has 1 atom stereocenters. The molecule has 1 aliphatic rings. The molecule has 0 N–H and O–H groups in total. The smallest absolute Gasteiger partial charge is 0.0723 e. The van der Waals surface area contributed by atoms with Crippen LogP contribution in [0.3, 0.4) is 0 Å². The van der Waals surface area contributed by atoms with Gasteiger partial charge in [-0.15, -0.1) is 0 Å². The van der Waals surface area contributed by atoms with Crippen LogP contribution in [0.5, 0.6) is 0 Å². The van der Waals surface area contributed by atoms with Crippen molar-refractivity contribution in [1.29, 1.82) is 0 Å². The van der Waals surface area contributed by atoms with E-state index in [-0.39, 0.29) is 0 Å². The molecule has 0 saturated heterocycles. The largest absolute Gasteiger partial charge is 0.373 e. The molecule has 2 rings (SSSR count). The van der Waals surface area contributed by atoms with Gasteiger partial charge in [-0.25, -0.2) is 0 Å². The highest BCUT2D eigenvalue weighted by Crippen LogP contribution is 2.19. The average Bonchev–Trinajstić information content (AvgIpc) is 2.21. The first kappa shape index (κ1) is 10.3. The van der Waals surface area contributed by atoms with Gasteiger partial charge in [-0.3, -0.25) is 0 Å². The Morgan fingerprint density at radius 2 is 1.77 bits per heavy atom. The summed E-state index contributed by atoms with van der Waals surface area (Å²) in [4.78, 5) is 0. The predicted molar refractivity (Wildman–Crippen MR) is 55.7 cm³/mol. The molecule has 72 valence electrons. The highest BCUT2D eigenvalue weighted by molar-refractivity contribution is 5.28. The van der Waals surface area contributed by atoms with Crippen molar-refractivity contribution in [3.8, 4) is 0 Å². The van der Waals surface area contributed by atoms with E-state index in [0.29, 0.717) is 6.10 Å². The number of ether oxygens (including phenoxy) is 1. The fraction of sp³-hybridized carbons (Fsp3) is 0.500. The van der Waals surface area contributed by atoms with Crippen molar-refractivity contribution < 1.29 is 4.74 Å². The number of hydrogen-bond donors (Lipinski definition) is 0. The lowest BCUT2D eigenvalue weighted by atomic mass is 10.0. The average molecular weight is 178 g/mol. The molecule has 1 heteroatoms. The molecule has 0 aromatic heterocycles. The topological polar surface area (TPSA) is 9.23 Å². The first-order chi connectivity index (χ1) is 6.36.